The lowest BCUT2D eigenvalue weighted by molar-refractivity contribution is 0.0955. The molecule has 0 saturated heterocycles. The summed E-state index contributed by atoms with van der Waals surface area (Å²) in [6.07, 6.45) is 1.35. The molecule has 0 spiro atoms. The second-order valence-electron chi connectivity index (χ2n) is 6.31. The third-order valence-corrected chi connectivity index (χ3v) is 3.32. The molecule has 0 heterocycles. The van der Waals surface area contributed by atoms with E-state index in [9.17, 15) is 15.0 Å². The third-order valence-electron chi connectivity index (χ3n) is 3.32. The third kappa shape index (κ3) is 4.57. The lowest BCUT2D eigenvalue weighted by Gasteiger charge is -2.18. The van der Waals surface area contributed by atoms with Crippen LogP contribution >= 0.6 is 0 Å². The molecule has 0 aromatic heterocycles. The highest BCUT2D eigenvalue weighted by atomic mass is 16.3. The van der Waals surface area contributed by atoms with E-state index in [-0.39, 0.29) is 22.8 Å². The Labute approximate surface area is 135 Å². The van der Waals surface area contributed by atoms with E-state index in [2.05, 4.69) is 31.3 Å². The van der Waals surface area contributed by atoms with Crippen LogP contribution in [-0.2, 0) is 5.41 Å². The first-order valence-electron chi connectivity index (χ1n) is 7.23. The second kappa shape index (κ2) is 6.52. The van der Waals surface area contributed by atoms with Crippen LogP contribution in [0.5, 0.6) is 11.5 Å². The van der Waals surface area contributed by atoms with E-state index in [0.29, 0.717) is 11.1 Å². The van der Waals surface area contributed by atoms with Crippen LogP contribution in [0.25, 0.3) is 0 Å². The van der Waals surface area contributed by atoms with Gasteiger partial charge < -0.3 is 10.2 Å². The van der Waals surface area contributed by atoms with Gasteiger partial charge >= 0.3 is 0 Å². The Morgan fingerprint density at radius 2 is 1.61 bits per heavy atom. The number of carbonyl (C=O) groups excluding carboxylic acids is 1. The molecular formula is C18H20N2O3. The Morgan fingerprint density at radius 3 is 2.13 bits per heavy atom. The first-order valence-corrected chi connectivity index (χ1v) is 7.23. The minimum absolute atomic E-state index is 0.0322. The molecule has 0 aliphatic carbocycles. The minimum atomic E-state index is -0.328. The van der Waals surface area contributed by atoms with Gasteiger partial charge in [0, 0.05) is 17.2 Å². The molecule has 5 heteroatoms. The number of nitrogens with zero attached hydrogens (tertiary/aromatic N) is 1. The van der Waals surface area contributed by atoms with Crippen molar-refractivity contribution < 1.29 is 15.0 Å². The highest BCUT2D eigenvalue weighted by Gasteiger charge is 2.14. The van der Waals surface area contributed by atoms with Crippen molar-refractivity contribution in [1.29, 1.82) is 0 Å². The number of amides is 1. The zero-order valence-corrected chi connectivity index (χ0v) is 13.4. The zero-order chi connectivity index (χ0) is 17.0. The van der Waals surface area contributed by atoms with E-state index < -0.39 is 0 Å². The van der Waals surface area contributed by atoms with Crippen LogP contribution in [0.3, 0.4) is 0 Å². The van der Waals surface area contributed by atoms with Crippen molar-refractivity contribution in [1.82, 2.24) is 5.43 Å². The number of phenolic OH excluding ortho intramolecular Hbond substituents is 2. The van der Waals surface area contributed by atoms with E-state index in [4.69, 9.17) is 0 Å². The van der Waals surface area contributed by atoms with Crippen LogP contribution in [0.4, 0.5) is 0 Å². The molecule has 0 fully saturated rings. The predicted octanol–water partition coefficient (Wildman–Crippen LogP) is 3.16. The van der Waals surface area contributed by atoms with E-state index in [0.717, 1.165) is 5.56 Å². The van der Waals surface area contributed by atoms with Crippen LogP contribution in [0.1, 0.15) is 42.3 Å². The van der Waals surface area contributed by atoms with Gasteiger partial charge in [0.2, 0.25) is 0 Å². The van der Waals surface area contributed by atoms with Gasteiger partial charge in [-0.25, -0.2) is 5.43 Å². The van der Waals surface area contributed by atoms with Crippen LogP contribution in [0, 0.1) is 0 Å². The molecule has 0 aliphatic rings. The predicted molar refractivity (Wildman–Crippen MR) is 90.0 cm³/mol. The molecule has 2 aromatic rings. The van der Waals surface area contributed by atoms with Crippen molar-refractivity contribution in [2.45, 2.75) is 26.2 Å². The fraction of sp³-hybridized carbons (Fsp3) is 0.222. The van der Waals surface area contributed by atoms with E-state index in [1.54, 1.807) is 12.1 Å². The van der Waals surface area contributed by atoms with Crippen molar-refractivity contribution in [2.75, 3.05) is 0 Å². The standard InChI is InChI=1S/C18H20N2O3/c1-18(2,3)14-6-4-13(5-7-14)17(23)20-19-11-12-8-15(21)10-16(22)9-12/h4-11,21-22H,1-3H3,(H,20,23)/b19-11-. The van der Waals surface area contributed by atoms with Crippen molar-refractivity contribution in [3.63, 3.8) is 0 Å². The molecule has 23 heavy (non-hydrogen) atoms. The smallest absolute Gasteiger partial charge is 0.271 e. The molecular weight excluding hydrogens is 292 g/mol. The van der Waals surface area contributed by atoms with E-state index >= 15 is 0 Å². The maximum Gasteiger partial charge on any atom is 0.271 e. The van der Waals surface area contributed by atoms with Gasteiger partial charge in [-0.05, 0) is 35.2 Å². The second-order valence-corrected chi connectivity index (χ2v) is 6.31. The molecule has 0 aliphatic heterocycles. The minimum Gasteiger partial charge on any atom is -0.508 e. The van der Waals surface area contributed by atoms with Crippen molar-refractivity contribution in [3.8, 4) is 11.5 Å². The average molecular weight is 312 g/mol. The van der Waals surface area contributed by atoms with Gasteiger partial charge in [0.05, 0.1) is 6.21 Å². The normalized spacial score (nSPS) is 11.6. The summed E-state index contributed by atoms with van der Waals surface area (Å²) in [6, 6.07) is 11.4. The van der Waals surface area contributed by atoms with Crippen molar-refractivity contribution >= 4 is 12.1 Å². The summed E-state index contributed by atoms with van der Waals surface area (Å²) in [5, 5.41) is 22.6. The Balaban J connectivity index is 2.03. The maximum absolute atomic E-state index is 12.0. The molecule has 1 amide bonds. The number of nitrogens with one attached hydrogen (secondary N) is 1. The molecule has 0 atom stereocenters. The Kier molecular flexibility index (Phi) is 4.69. The molecule has 2 rings (SSSR count). The number of rotatable bonds is 3. The molecule has 0 unspecified atom stereocenters. The number of phenols is 2. The monoisotopic (exact) mass is 312 g/mol. The van der Waals surface area contributed by atoms with Gasteiger partial charge in [0.25, 0.3) is 5.91 Å². The fourth-order valence-electron chi connectivity index (χ4n) is 2.04. The number of hydrogen-bond donors (Lipinski definition) is 3. The van der Waals surface area contributed by atoms with Crippen molar-refractivity contribution in [2.24, 2.45) is 5.10 Å². The Bertz CT molecular complexity index is 709. The zero-order valence-electron chi connectivity index (χ0n) is 13.4. The van der Waals surface area contributed by atoms with Crippen LogP contribution in [0.2, 0.25) is 0 Å². The van der Waals surface area contributed by atoms with Gasteiger partial charge in [-0.2, -0.15) is 5.10 Å². The quantitative estimate of drug-likeness (QED) is 0.601. The summed E-state index contributed by atoms with van der Waals surface area (Å²) in [4.78, 5) is 12.0. The highest BCUT2D eigenvalue weighted by Crippen LogP contribution is 2.22. The number of hydrazone groups is 1. The molecule has 3 N–H and O–H groups in total. The van der Waals surface area contributed by atoms with E-state index in [1.165, 1.54) is 24.4 Å². The lowest BCUT2D eigenvalue weighted by Crippen LogP contribution is -2.18. The fourth-order valence-corrected chi connectivity index (χ4v) is 2.04. The average Bonchev–Trinajstić information content (AvgIpc) is 2.45. The number of aromatic hydroxyl groups is 2. The number of carbonyl (C=O) groups is 1. The highest BCUT2D eigenvalue weighted by molar-refractivity contribution is 5.95. The first-order chi connectivity index (χ1) is 10.8. The summed E-state index contributed by atoms with van der Waals surface area (Å²) >= 11 is 0. The molecule has 0 bridgehead atoms. The van der Waals surface area contributed by atoms with Crippen molar-refractivity contribution in [3.05, 3.63) is 59.2 Å². The molecule has 120 valence electrons. The molecule has 0 saturated carbocycles. The summed E-state index contributed by atoms with van der Waals surface area (Å²) in [5.74, 6) is -0.475. The summed E-state index contributed by atoms with van der Waals surface area (Å²) < 4.78 is 0. The van der Waals surface area contributed by atoms with Gasteiger partial charge in [-0.15, -0.1) is 0 Å². The molecule has 0 radical (unpaired) electrons. The Hall–Kier alpha value is -2.82. The van der Waals surface area contributed by atoms with Gasteiger partial charge in [0.1, 0.15) is 11.5 Å². The number of hydrogen-bond acceptors (Lipinski definition) is 4. The van der Waals surface area contributed by atoms with Gasteiger partial charge in [-0.3, -0.25) is 4.79 Å². The van der Waals surface area contributed by atoms with Crippen LogP contribution in [-0.4, -0.2) is 22.3 Å². The van der Waals surface area contributed by atoms with Crippen LogP contribution < -0.4 is 5.43 Å². The first kappa shape index (κ1) is 16.5. The number of benzene rings is 2. The maximum atomic E-state index is 12.0. The summed E-state index contributed by atoms with van der Waals surface area (Å²) in [7, 11) is 0. The van der Waals surface area contributed by atoms with Gasteiger partial charge in [0.15, 0.2) is 0 Å². The van der Waals surface area contributed by atoms with E-state index in [1.807, 2.05) is 12.1 Å². The summed E-state index contributed by atoms with van der Waals surface area (Å²) in [6.45, 7) is 6.32. The molecule has 5 nitrogen and oxygen atoms in total. The van der Waals surface area contributed by atoms with Crippen LogP contribution in [0.15, 0.2) is 47.6 Å². The Morgan fingerprint density at radius 1 is 1.04 bits per heavy atom. The topological polar surface area (TPSA) is 81.9 Å². The van der Waals surface area contributed by atoms with Gasteiger partial charge in [-0.1, -0.05) is 32.9 Å². The molecule has 2 aromatic carbocycles. The lowest BCUT2D eigenvalue weighted by atomic mass is 9.87. The summed E-state index contributed by atoms with van der Waals surface area (Å²) in [5.41, 5.74) is 4.58. The SMILES string of the molecule is CC(C)(C)c1ccc(C(=O)N/N=C\c2cc(O)cc(O)c2)cc1. The largest absolute Gasteiger partial charge is 0.508 e.